The number of rotatable bonds is 6. The van der Waals surface area contributed by atoms with Gasteiger partial charge in [-0.2, -0.15) is 0 Å². The molecule has 154 valence electrons. The van der Waals surface area contributed by atoms with Gasteiger partial charge in [-0.05, 0) is 42.1 Å². The smallest absolute Gasteiger partial charge is 0.350 e. The Hall–Kier alpha value is -3.72. The molecule has 0 bridgehead atoms. The molecule has 3 aromatic rings. The van der Waals surface area contributed by atoms with Gasteiger partial charge in [0.2, 0.25) is 0 Å². The molecule has 2 aromatic heterocycles. The van der Waals surface area contributed by atoms with Crippen molar-refractivity contribution in [2.75, 3.05) is 13.2 Å². The zero-order valence-corrected chi connectivity index (χ0v) is 16.0. The molecular weight excluding hydrogens is 389 g/mol. The topological polar surface area (TPSA) is 101 Å². The molecule has 0 radical (unpaired) electrons. The highest BCUT2D eigenvalue weighted by molar-refractivity contribution is 5.94. The normalized spacial score (nSPS) is 17.8. The lowest BCUT2D eigenvalue weighted by Crippen LogP contribution is -2.48. The standard InChI is InChI=1S/C21H20FN5O3/c22-17-6-4-16(5-7-17)21(9-1-2-10-24-21)14-23-19(29)15-3-8-18-25-27(11-12-28)20(30)26(18)13-15/h1-10,13,24,28H,11-12,14H2,(H,23,29). The second kappa shape index (κ2) is 7.96. The van der Waals surface area contributed by atoms with E-state index in [0.29, 0.717) is 5.65 Å². The molecule has 0 saturated carbocycles. The zero-order valence-electron chi connectivity index (χ0n) is 16.0. The number of allylic oxidation sites excluding steroid dienone is 2. The highest BCUT2D eigenvalue weighted by atomic mass is 19.1. The third-order valence-electron chi connectivity index (χ3n) is 4.97. The average Bonchev–Trinajstić information content (AvgIpc) is 3.08. The quantitative estimate of drug-likeness (QED) is 0.562. The first kappa shape index (κ1) is 19.6. The number of hydrogen-bond acceptors (Lipinski definition) is 5. The van der Waals surface area contributed by atoms with Gasteiger partial charge in [-0.25, -0.2) is 18.3 Å². The van der Waals surface area contributed by atoms with E-state index in [1.54, 1.807) is 30.5 Å². The monoisotopic (exact) mass is 409 g/mol. The molecule has 30 heavy (non-hydrogen) atoms. The Balaban J connectivity index is 1.57. The number of benzene rings is 1. The van der Waals surface area contributed by atoms with Crippen LogP contribution >= 0.6 is 0 Å². The molecule has 1 amide bonds. The van der Waals surface area contributed by atoms with E-state index in [2.05, 4.69) is 15.7 Å². The third-order valence-corrected chi connectivity index (χ3v) is 4.97. The number of aliphatic hydroxyl groups excluding tert-OH is 1. The number of amides is 1. The number of halogens is 1. The van der Waals surface area contributed by atoms with E-state index in [9.17, 15) is 14.0 Å². The number of carbonyl (C=O) groups excluding carboxylic acids is 1. The number of aliphatic hydroxyl groups is 1. The van der Waals surface area contributed by atoms with Crippen LogP contribution < -0.4 is 16.3 Å². The SMILES string of the molecule is O=C(NCC1(c2ccc(F)cc2)C=CC=CN1)c1ccc2nn(CCO)c(=O)n2c1. The maximum atomic E-state index is 13.4. The zero-order chi connectivity index (χ0) is 21.1. The van der Waals surface area contributed by atoms with E-state index >= 15 is 0 Å². The van der Waals surface area contributed by atoms with E-state index in [-0.39, 0.29) is 37.0 Å². The number of fused-ring (bicyclic) bond motifs is 1. The second-order valence-electron chi connectivity index (χ2n) is 6.90. The Bertz CT molecular complexity index is 1200. The van der Waals surface area contributed by atoms with Crippen LogP contribution in [0.25, 0.3) is 5.65 Å². The Morgan fingerprint density at radius 3 is 2.70 bits per heavy atom. The highest BCUT2D eigenvalue weighted by Crippen LogP contribution is 2.25. The lowest BCUT2D eigenvalue weighted by atomic mass is 9.88. The van der Waals surface area contributed by atoms with Gasteiger partial charge in [0.15, 0.2) is 5.65 Å². The Labute approximate surface area is 171 Å². The Morgan fingerprint density at radius 1 is 1.20 bits per heavy atom. The van der Waals surface area contributed by atoms with Crippen molar-refractivity contribution in [3.05, 3.63) is 94.5 Å². The van der Waals surface area contributed by atoms with Crippen LogP contribution in [-0.2, 0) is 12.1 Å². The van der Waals surface area contributed by atoms with Crippen molar-refractivity contribution < 1.29 is 14.3 Å². The van der Waals surface area contributed by atoms with Crippen LogP contribution in [0.5, 0.6) is 0 Å². The van der Waals surface area contributed by atoms with E-state index in [1.165, 1.54) is 22.7 Å². The third kappa shape index (κ3) is 3.62. The van der Waals surface area contributed by atoms with Gasteiger partial charge in [-0.1, -0.05) is 24.3 Å². The van der Waals surface area contributed by atoms with Gasteiger partial charge in [-0.15, -0.1) is 5.10 Å². The predicted molar refractivity (Wildman–Crippen MR) is 108 cm³/mol. The van der Waals surface area contributed by atoms with Crippen molar-refractivity contribution in [1.82, 2.24) is 24.8 Å². The molecule has 4 rings (SSSR count). The first-order valence-electron chi connectivity index (χ1n) is 9.39. The van der Waals surface area contributed by atoms with Gasteiger partial charge in [0.05, 0.1) is 24.3 Å². The largest absolute Gasteiger partial charge is 0.394 e. The average molecular weight is 409 g/mol. The van der Waals surface area contributed by atoms with Crippen LogP contribution in [-0.4, -0.2) is 38.3 Å². The van der Waals surface area contributed by atoms with E-state index in [1.807, 2.05) is 18.2 Å². The Morgan fingerprint density at radius 2 is 2.00 bits per heavy atom. The lowest BCUT2D eigenvalue weighted by molar-refractivity contribution is 0.0944. The van der Waals surface area contributed by atoms with Crippen molar-refractivity contribution in [3.63, 3.8) is 0 Å². The minimum Gasteiger partial charge on any atom is -0.394 e. The number of nitrogens with one attached hydrogen (secondary N) is 2. The Kier molecular flexibility index (Phi) is 5.20. The molecule has 8 nitrogen and oxygen atoms in total. The maximum absolute atomic E-state index is 13.4. The number of nitrogens with zero attached hydrogens (tertiary/aromatic N) is 3. The van der Waals surface area contributed by atoms with Crippen LogP contribution in [0.4, 0.5) is 4.39 Å². The van der Waals surface area contributed by atoms with Crippen molar-refractivity contribution in [2.24, 2.45) is 0 Å². The molecule has 1 unspecified atom stereocenters. The molecule has 1 aliphatic rings. The maximum Gasteiger partial charge on any atom is 0.350 e. The molecule has 1 atom stereocenters. The summed E-state index contributed by atoms with van der Waals surface area (Å²) in [4.78, 5) is 25.1. The van der Waals surface area contributed by atoms with Crippen LogP contribution in [0, 0.1) is 5.82 Å². The fourth-order valence-electron chi connectivity index (χ4n) is 3.37. The molecule has 3 N–H and O–H groups in total. The number of dihydropyridines is 1. The fourth-order valence-corrected chi connectivity index (χ4v) is 3.37. The van der Waals surface area contributed by atoms with Crippen LogP contribution in [0.3, 0.4) is 0 Å². The van der Waals surface area contributed by atoms with Gasteiger partial charge in [0.25, 0.3) is 5.91 Å². The molecule has 3 heterocycles. The molecule has 1 aromatic carbocycles. The number of hydrogen-bond donors (Lipinski definition) is 3. The summed E-state index contributed by atoms with van der Waals surface area (Å²) < 4.78 is 15.8. The van der Waals surface area contributed by atoms with Gasteiger partial charge in [0.1, 0.15) is 5.82 Å². The number of pyridine rings is 1. The first-order valence-corrected chi connectivity index (χ1v) is 9.39. The van der Waals surface area contributed by atoms with Crippen LogP contribution in [0.2, 0.25) is 0 Å². The summed E-state index contributed by atoms with van der Waals surface area (Å²) in [6, 6.07) is 9.23. The van der Waals surface area contributed by atoms with Crippen molar-refractivity contribution in [1.29, 1.82) is 0 Å². The summed E-state index contributed by atoms with van der Waals surface area (Å²) in [6.07, 6.45) is 8.76. The summed E-state index contributed by atoms with van der Waals surface area (Å²) in [5.41, 5.74) is 0.304. The minimum absolute atomic E-state index is 0.0771. The summed E-state index contributed by atoms with van der Waals surface area (Å²) in [6.45, 7) is 0.0698. The fraction of sp³-hybridized carbons (Fsp3) is 0.190. The summed E-state index contributed by atoms with van der Waals surface area (Å²) in [5, 5.41) is 19.2. The number of carbonyl (C=O) groups is 1. The molecular formula is C21H20FN5O3. The molecule has 1 aliphatic heterocycles. The van der Waals surface area contributed by atoms with E-state index in [4.69, 9.17) is 5.11 Å². The summed E-state index contributed by atoms with van der Waals surface area (Å²) in [7, 11) is 0. The summed E-state index contributed by atoms with van der Waals surface area (Å²) >= 11 is 0. The minimum atomic E-state index is -0.731. The lowest BCUT2D eigenvalue weighted by Gasteiger charge is -2.33. The van der Waals surface area contributed by atoms with Crippen LogP contribution in [0.1, 0.15) is 15.9 Å². The van der Waals surface area contributed by atoms with Gasteiger partial charge in [0, 0.05) is 12.7 Å². The van der Waals surface area contributed by atoms with Crippen molar-refractivity contribution >= 4 is 11.6 Å². The predicted octanol–water partition coefficient (Wildman–Crippen LogP) is 0.926. The van der Waals surface area contributed by atoms with E-state index < -0.39 is 11.2 Å². The molecule has 9 heteroatoms. The summed E-state index contributed by atoms with van der Waals surface area (Å²) in [5.74, 6) is -0.710. The first-order chi connectivity index (χ1) is 14.5. The van der Waals surface area contributed by atoms with Gasteiger partial charge < -0.3 is 15.7 Å². The number of aromatic nitrogens is 3. The van der Waals surface area contributed by atoms with E-state index in [0.717, 1.165) is 10.2 Å². The molecule has 0 fully saturated rings. The van der Waals surface area contributed by atoms with Gasteiger partial charge >= 0.3 is 5.69 Å². The van der Waals surface area contributed by atoms with Crippen molar-refractivity contribution in [3.8, 4) is 0 Å². The van der Waals surface area contributed by atoms with Crippen LogP contribution in [0.15, 0.2) is 71.8 Å². The molecule has 0 spiro atoms. The second-order valence-corrected chi connectivity index (χ2v) is 6.90. The molecule has 0 aliphatic carbocycles. The van der Waals surface area contributed by atoms with Crippen molar-refractivity contribution in [2.45, 2.75) is 12.1 Å². The van der Waals surface area contributed by atoms with Gasteiger partial charge in [-0.3, -0.25) is 4.79 Å². The highest BCUT2D eigenvalue weighted by Gasteiger charge is 2.30. The molecule has 0 saturated heterocycles.